The Morgan fingerprint density at radius 1 is 1.38 bits per heavy atom. The number of hydrogen-bond acceptors (Lipinski definition) is 3. The summed E-state index contributed by atoms with van der Waals surface area (Å²) in [6, 6.07) is 0. The molecule has 1 fully saturated rings. The monoisotopic (exact) mass is 204 g/mol. The third-order valence-corrected chi connectivity index (χ3v) is 3.40. The Kier molecular flexibility index (Phi) is 4.38. The molecule has 0 aliphatic carbocycles. The van der Waals surface area contributed by atoms with E-state index in [0.29, 0.717) is 37.6 Å². The molecule has 0 atom stereocenters. The minimum absolute atomic E-state index is 0.155. The molecule has 1 amide bonds. The first-order valence-electron chi connectivity index (χ1n) is 4.57. The standard InChI is InChI=1S/C8H16N2O2S/c9-3-1-2-8(11)10-4-6-13(12)7-5-10/h1-7,9H2. The Hall–Kier alpha value is -0.420. The quantitative estimate of drug-likeness (QED) is 0.662. The van der Waals surface area contributed by atoms with Crippen LogP contribution >= 0.6 is 0 Å². The first-order valence-corrected chi connectivity index (χ1v) is 6.05. The summed E-state index contributed by atoms with van der Waals surface area (Å²) in [6.07, 6.45) is 1.28. The lowest BCUT2D eigenvalue weighted by molar-refractivity contribution is -0.130. The number of carbonyl (C=O) groups excluding carboxylic acids is 1. The van der Waals surface area contributed by atoms with Crippen LogP contribution in [0, 0.1) is 0 Å². The zero-order chi connectivity index (χ0) is 9.68. The normalized spacial score (nSPS) is 19.0. The van der Waals surface area contributed by atoms with Gasteiger partial charge in [-0.05, 0) is 13.0 Å². The lowest BCUT2D eigenvalue weighted by Crippen LogP contribution is -2.41. The van der Waals surface area contributed by atoms with Crippen LogP contribution in [0.2, 0.25) is 0 Å². The van der Waals surface area contributed by atoms with Crippen molar-refractivity contribution in [3.05, 3.63) is 0 Å². The number of amides is 1. The van der Waals surface area contributed by atoms with E-state index >= 15 is 0 Å². The highest BCUT2D eigenvalue weighted by Gasteiger charge is 2.18. The molecule has 0 radical (unpaired) electrons. The Balaban J connectivity index is 2.27. The van der Waals surface area contributed by atoms with Crippen molar-refractivity contribution in [3.8, 4) is 0 Å². The maximum atomic E-state index is 11.4. The van der Waals surface area contributed by atoms with Crippen LogP contribution in [0.5, 0.6) is 0 Å². The van der Waals surface area contributed by atoms with Crippen molar-refractivity contribution in [1.82, 2.24) is 4.90 Å². The molecule has 2 N–H and O–H groups in total. The molecule has 13 heavy (non-hydrogen) atoms. The lowest BCUT2D eigenvalue weighted by Gasteiger charge is -2.26. The molecular formula is C8H16N2O2S. The van der Waals surface area contributed by atoms with Gasteiger partial charge in [-0.2, -0.15) is 0 Å². The lowest BCUT2D eigenvalue weighted by atomic mass is 10.3. The van der Waals surface area contributed by atoms with Crippen LogP contribution in [0.15, 0.2) is 0 Å². The highest BCUT2D eigenvalue weighted by molar-refractivity contribution is 7.85. The minimum atomic E-state index is -0.702. The maximum absolute atomic E-state index is 11.4. The van der Waals surface area contributed by atoms with E-state index in [2.05, 4.69) is 0 Å². The summed E-state index contributed by atoms with van der Waals surface area (Å²) < 4.78 is 11.0. The van der Waals surface area contributed by atoms with Gasteiger partial charge < -0.3 is 10.6 Å². The van der Waals surface area contributed by atoms with E-state index in [0.717, 1.165) is 6.42 Å². The van der Waals surface area contributed by atoms with E-state index in [1.807, 2.05) is 0 Å². The average molecular weight is 204 g/mol. The number of rotatable bonds is 3. The predicted octanol–water partition coefficient (Wildman–Crippen LogP) is -0.684. The van der Waals surface area contributed by atoms with Crippen LogP contribution in [0.3, 0.4) is 0 Å². The zero-order valence-corrected chi connectivity index (χ0v) is 8.52. The van der Waals surface area contributed by atoms with E-state index < -0.39 is 10.8 Å². The average Bonchev–Trinajstić information content (AvgIpc) is 2.15. The van der Waals surface area contributed by atoms with E-state index in [9.17, 15) is 9.00 Å². The third-order valence-electron chi connectivity index (χ3n) is 2.13. The summed E-state index contributed by atoms with van der Waals surface area (Å²) in [4.78, 5) is 13.2. The van der Waals surface area contributed by atoms with Crippen molar-refractivity contribution in [3.63, 3.8) is 0 Å². The molecule has 1 saturated heterocycles. The van der Waals surface area contributed by atoms with Crippen LogP contribution in [0.25, 0.3) is 0 Å². The maximum Gasteiger partial charge on any atom is 0.222 e. The molecule has 76 valence electrons. The van der Waals surface area contributed by atoms with Gasteiger partial charge in [0, 0.05) is 41.8 Å². The molecule has 0 unspecified atom stereocenters. The van der Waals surface area contributed by atoms with Gasteiger partial charge in [0.15, 0.2) is 0 Å². The van der Waals surface area contributed by atoms with Crippen LogP contribution in [0.4, 0.5) is 0 Å². The van der Waals surface area contributed by atoms with Gasteiger partial charge in [0.25, 0.3) is 0 Å². The fourth-order valence-electron chi connectivity index (χ4n) is 1.30. The summed E-state index contributed by atoms with van der Waals surface area (Å²) in [5, 5.41) is 0. The molecule has 4 nitrogen and oxygen atoms in total. The number of nitrogens with zero attached hydrogens (tertiary/aromatic N) is 1. The van der Waals surface area contributed by atoms with Crippen LogP contribution < -0.4 is 5.73 Å². The molecule has 1 aliphatic heterocycles. The van der Waals surface area contributed by atoms with E-state index in [1.54, 1.807) is 4.90 Å². The van der Waals surface area contributed by atoms with E-state index in [4.69, 9.17) is 5.73 Å². The Bertz CT molecular complexity index is 198. The summed E-state index contributed by atoms with van der Waals surface area (Å²) in [7, 11) is -0.702. The predicted molar refractivity (Wildman–Crippen MR) is 52.7 cm³/mol. The fraction of sp³-hybridized carbons (Fsp3) is 0.875. The first kappa shape index (κ1) is 10.7. The highest BCUT2D eigenvalue weighted by atomic mass is 32.2. The molecule has 1 aliphatic rings. The summed E-state index contributed by atoms with van der Waals surface area (Å²) in [6.45, 7) is 1.86. The van der Waals surface area contributed by atoms with Crippen LogP contribution in [-0.2, 0) is 15.6 Å². The molecule has 1 heterocycles. The second-order valence-corrected chi connectivity index (χ2v) is 4.82. The molecule has 0 aromatic carbocycles. The molecule has 0 bridgehead atoms. The van der Waals surface area contributed by atoms with Crippen molar-refractivity contribution in [2.45, 2.75) is 12.8 Å². The van der Waals surface area contributed by atoms with Crippen molar-refractivity contribution in [1.29, 1.82) is 0 Å². The van der Waals surface area contributed by atoms with Gasteiger partial charge in [-0.3, -0.25) is 9.00 Å². The summed E-state index contributed by atoms with van der Waals surface area (Å²) in [5.41, 5.74) is 5.31. The van der Waals surface area contributed by atoms with Gasteiger partial charge >= 0.3 is 0 Å². The zero-order valence-electron chi connectivity index (χ0n) is 7.70. The van der Waals surface area contributed by atoms with Gasteiger partial charge in [-0.15, -0.1) is 0 Å². The molecule has 0 spiro atoms. The van der Waals surface area contributed by atoms with Crippen LogP contribution in [-0.4, -0.2) is 46.2 Å². The fourth-order valence-corrected chi connectivity index (χ4v) is 2.35. The van der Waals surface area contributed by atoms with Gasteiger partial charge in [0.1, 0.15) is 0 Å². The Labute approximate surface area is 80.9 Å². The third kappa shape index (κ3) is 3.44. The second kappa shape index (κ2) is 5.34. The molecule has 5 heteroatoms. The molecular weight excluding hydrogens is 188 g/mol. The van der Waals surface area contributed by atoms with E-state index in [1.165, 1.54) is 0 Å². The number of carbonyl (C=O) groups is 1. The minimum Gasteiger partial charge on any atom is -0.341 e. The smallest absolute Gasteiger partial charge is 0.222 e. The number of hydrogen-bond donors (Lipinski definition) is 1. The van der Waals surface area contributed by atoms with Crippen molar-refractivity contribution in [2.24, 2.45) is 5.73 Å². The largest absolute Gasteiger partial charge is 0.341 e. The van der Waals surface area contributed by atoms with Crippen molar-refractivity contribution in [2.75, 3.05) is 31.1 Å². The van der Waals surface area contributed by atoms with E-state index in [-0.39, 0.29) is 5.91 Å². The first-order chi connectivity index (χ1) is 6.24. The van der Waals surface area contributed by atoms with Gasteiger partial charge in [0.05, 0.1) is 0 Å². The molecule has 0 aromatic heterocycles. The molecule has 0 aromatic rings. The Morgan fingerprint density at radius 3 is 2.54 bits per heavy atom. The SMILES string of the molecule is NCCCC(=O)N1CCS(=O)CC1. The summed E-state index contributed by atoms with van der Waals surface area (Å²) in [5.74, 6) is 1.42. The second-order valence-electron chi connectivity index (χ2n) is 3.12. The van der Waals surface area contributed by atoms with Crippen LogP contribution in [0.1, 0.15) is 12.8 Å². The molecule has 0 saturated carbocycles. The number of nitrogens with two attached hydrogens (primary N) is 1. The van der Waals surface area contributed by atoms with Gasteiger partial charge in [-0.1, -0.05) is 0 Å². The Morgan fingerprint density at radius 2 is 2.00 bits per heavy atom. The van der Waals surface area contributed by atoms with Gasteiger partial charge in [0.2, 0.25) is 5.91 Å². The van der Waals surface area contributed by atoms with Gasteiger partial charge in [-0.25, -0.2) is 0 Å². The van der Waals surface area contributed by atoms with Crippen molar-refractivity contribution < 1.29 is 9.00 Å². The van der Waals surface area contributed by atoms with Crippen molar-refractivity contribution >= 4 is 16.7 Å². The summed E-state index contributed by atoms with van der Waals surface area (Å²) >= 11 is 0. The highest BCUT2D eigenvalue weighted by Crippen LogP contribution is 2.03. The molecule has 1 rings (SSSR count). The topological polar surface area (TPSA) is 63.4 Å².